The first kappa shape index (κ1) is 40.5. The number of carbonyl (C=O) groups excluding carboxylic acids is 2. The summed E-state index contributed by atoms with van der Waals surface area (Å²) in [6.45, 7) is 7.09. The Bertz CT molecular complexity index is 1910. The fourth-order valence-corrected chi connectivity index (χ4v) is 7.36. The summed E-state index contributed by atoms with van der Waals surface area (Å²) in [6.07, 6.45) is 2.05. The van der Waals surface area contributed by atoms with Crippen LogP contribution < -0.4 is 10.6 Å². The van der Waals surface area contributed by atoms with Crippen LogP contribution in [-0.4, -0.2) is 41.0 Å². The van der Waals surface area contributed by atoms with Crippen LogP contribution in [-0.2, 0) is 45.3 Å². The zero-order chi connectivity index (χ0) is 39.1. The van der Waals surface area contributed by atoms with Crippen LogP contribution in [0.15, 0.2) is 133 Å². The third-order valence-electron chi connectivity index (χ3n) is 10.5. The Morgan fingerprint density at radius 1 is 0.679 bits per heavy atom. The highest BCUT2D eigenvalue weighted by Gasteiger charge is 2.39. The average Bonchev–Trinajstić information content (AvgIpc) is 3.23. The van der Waals surface area contributed by atoms with E-state index in [1.807, 2.05) is 24.3 Å². The first-order valence-corrected chi connectivity index (χ1v) is 19.9. The lowest BCUT2D eigenvalue weighted by Crippen LogP contribution is -2.44. The van der Waals surface area contributed by atoms with Gasteiger partial charge in [-0.2, -0.15) is 0 Å². The number of aliphatic hydroxyl groups excluding tert-OH is 1. The second kappa shape index (κ2) is 20.7. The Kier molecular flexibility index (Phi) is 15.0. The summed E-state index contributed by atoms with van der Waals surface area (Å²) in [4.78, 5) is 26.2. The minimum Gasteiger partial charge on any atom is -0.392 e. The fourth-order valence-electron chi connectivity index (χ4n) is 7.36. The summed E-state index contributed by atoms with van der Waals surface area (Å²) >= 11 is 0. The van der Waals surface area contributed by atoms with Crippen molar-refractivity contribution in [2.45, 2.75) is 84.3 Å². The molecule has 0 spiro atoms. The molecule has 0 aliphatic carbocycles. The summed E-state index contributed by atoms with van der Waals surface area (Å²) in [5, 5.41) is 15.6. The predicted molar refractivity (Wildman–Crippen MR) is 221 cm³/mol. The van der Waals surface area contributed by atoms with Gasteiger partial charge in [-0.05, 0) is 51.8 Å². The third kappa shape index (κ3) is 11.7. The Labute approximate surface area is 331 Å². The van der Waals surface area contributed by atoms with Crippen LogP contribution in [0.4, 0.5) is 0 Å². The topological polar surface area (TPSA) is 100 Å². The van der Waals surface area contributed by atoms with E-state index in [0.717, 1.165) is 65.7 Å². The van der Waals surface area contributed by atoms with Gasteiger partial charge in [-0.15, -0.1) is 0 Å². The second-order valence-electron chi connectivity index (χ2n) is 14.8. The number of ether oxygens (including phenoxy) is 2. The van der Waals surface area contributed by atoms with Gasteiger partial charge in [0.25, 0.3) is 0 Å². The number of hydrogen-bond acceptors (Lipinski definition) is 6. The van der Waals surface area contributed by atoms with Crippen LogP contribution >= 0.6 is 0 Å². The molecule has 4 unspecified atom stereocenters. The molecule has 1 fully saturated rings. The second-order valence-corrected chi connectivity index (χ2v) is 14.8. The molecule has 1 heterocycles. The van der Waals surface area contributed by atoms with E-state index in [0.29, 0.717) is 26.1 Å². The summed E-state index contributed by atoms with van der Waals surface area (Å²) in [6, 6.07) is 45.8. The predicted octanol–water partition coefficient (Wildman–Crippen LogP) is 8.65. The molecule has 0 saturated carbocycles. The van der Waals surface area contributed by atoms with Crippen molar-refractivity contribution < 1.29 is 24.2 Å². The number of rotatable bonds is 18. The molecule has 3 N–H and O–H groups in total. The van der Waals surface area contributed by atoms with Crippen LogP contribution in [0.1, 0.15) is 85.3 Å². The van der Waals surface area contributed by atoms with E-state index in [-0.39, 0.29) is 36.5 Å². The van der Waals surface area contributed by atoms with Gasteiger partial charge < -0.3 is 25.2 Å². The molecule has 0 bridgehead atoms. The summed E-state index contributed by atoms with van der Waals surface area (Å²) in [5.41, 5.74) is 8.51. The van der Waals surface area contributed by atoms with Gasteiger partial charge in [-0.3, -0.25) is 14.5 Å². The fraction of sp³-hybridized carbons (Fsp3) is 0.333. The van der Waals surface area contributed by atoms with E-state index in [9.17, 15) is 14.7 Å². The molecular formula is C48H55N3O5. The molecule has 5 aromatic carbocycles. The summed E-state index contributed by atoms with van der Waals surface area (Å²) in [5.74, 6) is 0.0450. The van der Waals surface area contributed by atoms with Gasteiger partial charge in [0.1, 0.15) is 0 Å². The monoisotopic (exact) mass is 753 g/mol. The molecule has 8 heteroatoms. The van der Waals surface area contributed by atoms with Crippen molar-refractivity contribution in [1.82, 2.24) is 15.5 Å². The van der Waals surface area contributed by atoms with Crippen molar-refractivity contribution >= 4 is 11.8 Å². The molecule has 6 rings (SSSR count). The van der Waals surface area contributed by atoms with Gasteiger partial charge >= 0.3 is 0 Å². The van der Waals surface area contributed by atoms with E-state index >= 15 is 0 Å². The van der Waals surface area contributed by atoms with Crippen molar-refractivity contribution in [2.24, 2.45) is 5.92 Å². The molecule has 2 amide bonds. The number of benzene rings is 5. The maximum atomic E-state index is 12.7. The Morgan fingerprint density at radius 2 is 1.30 bits per heavy atom. The van der Waals surface area contributed by atoms with Crippen molar-refractivity contribution in [3.63, 3.8) is 0 Å². The molecular weight excluding hydrogens is 699 g/mol. The van der Waals surface area contributed by atoms with Gasteiger partial charge in [0.05, 0.1) is 18.8 Å². The lowest BCUT2D eigenvalue weighted by atomic mass is 9.89. The minimum absolute atomic E-state index is 0.00633. The number of carbonyl (C=O) groups is 2. The molecule has 56 heavy (non-hydrogen) atoms. The van der Waals surface area contributed by atoms with Crippen molar-refractivity contribution in [2.75, 3.05) is 13.1 Å². The minimum atomic E-state index is -0.587. The maximum absolute atomic E-state index is 12.7. The van der Waals surface area contributed by atoms with Gasteiger partial charge in [0.2, 0.25) is 11.8 Å². The van der Waals surface area contributed by atoms with Crippen molar-refractivity contribution in [1.29, 1.82) is 0 Å². The molecule has 5 aromatic rings. The number of hydrogen-bond donors (Lipinski definition) is 3. The third-order valence-corrected chi connectivity index (χ3v) is 10.5. The van der Waals surface area contributed by atoms with Gasteiger partial charge in [-0.25, -0.2) is 0 Å². The molecule has 0 radical (unpaired) electrons. The molecule has 292 valence electrons. The number of aliphatic hydroxyl groups is 1. The lowest BCUT2D eigenvalue weighted by molar-refractivity contribution is -0.276. The van der Waals surface area contributed by atoms with Crippen molar-refractivity contribution in [3.8, 4) is 11.1 Å². The number of nitrogens with zero attached hydrogens (tertiary/aromatic N) is 1. The van der Waals surface area contributed by atoms with Gasteiger partial charge in [-0.1, -0.05) is 147 Å². The van der Waals surface area contributed by atoms with E-state index < -0.39 is 6.29 Å². The zero-order valence-corrected chi connectivity index (χ0v) is 32.6. The average molecular weight is 754 g/mol. The largest absolute Gasteiger partial charge is 0.392 e. The van der Waals surface area contributed by atoms with E-state index in [1.54, 1.807) is 0 Å². The van der Waals surface area contributed by atoms with Crippen LogP contribution in [0.2, 0.25) is 0 Å². The van der Waals surface area contributed by atoms with E-state index in [2.05, 4.69) is 132 Å². The molecule has 1 aliphatic rings. The Balaban J connectivity index is 1.18. The van der Waals surface area contributed by atoms with Crippen LogP contribution in [0, 0.1) is 5.92 Å². The van der Waals surface area contributed by atoms with Gasteiger partial charge in [0.15, 0.2) is 6.29 Å². The molecule has 1 aliphatic heterocycles. The number of amides is 2. The SMILES string of the molecule is CC(=O)NCCCCCC(=O)NCc1ccccc1-c1ccc(C2OC(CN(Cc3ccccc3)Cc3ccccc3)C(C)C(c3ccc(CO)cc3)O2)cc1. The molecule has 1 saturated heterocycles. The Morgan fingerprint density at radius 3 is 1.95 bits per heavy atom. The number of unbranched alkanes of at least 4 members (excludes halogenated alkanes) is 2. The van der Waals surface area contributed by atoms with E-state index in [4.69, 9.17) is 9.47 Å². The summed E-state index contributed by atoms with van der Waals surface area (Å²) in [7, 11) is 0. The van der Waals surface area contributed by atoms with Crippen molar-refractivity contribution in [3.05, 3.63) is 167 Å². The van der Waals surface area contributed by atoms with E-state index in [1.165, 1.54) is 18.1 Å². The number of nitrogens with one attached hydrogen (secondary N) is 2. The zero-order valence-electron chi connectivity index (χ0n) is 32.6. The molecule has 0 aromatic heterocycles. The van der Waals surface area contributed by atoms with Crippen LogP contribution in [0.3, 0.4) is 0 Å². The summed E-state index contributed by atoms with van der Waals surface area (Å²) < 4.78 is 13.7. The quantitative estimate of drug-likeness (QED) is 0.0776. The van der Waals surface area contributed by atoms with Crippen LogP contribution in [0.5, 0.6) is 0 Å². The first-order chi connectivity index (χ1) is 27.4. The normalized spacial score (nSPS) is 18.1. The smallest absolute Gasteiger partial charge is 0.220 e. The lowest BCUT2D eigenvalue weighted by Gasteiger charge is -2.43. The molecule has 8 nitrogen and oxygen atoms in total. The highest BCUT2D eigenvalue weighted by Crippen LogP contribution is 2.42. The first-order valence-electron chi connectivity index (χ1n) is 19.9. The highest BCUT2D eigenvalue weighted by atomic mass is 16.7. The maximum Gasteiger partial charge on any atom is 0.220 e. The van der Waals surface area contributed by atoms with Crippen LogP contribution in [0.25, 0.3) is 11.1 Å². The standard InChI is InChI=1S/C48H55N3O5/c1-35-45(33-51(31-37-14-6-3-7-15-37)32-38-16-8-4-9-17-38)55-48(56-47(35)41-23-21-39(34-52)22-24-41)42-27-25-40(26-28-42)44-19-12-11-18-43(44)30-50-46(54)20-10-5-13-29-49-36(2)53/h3-4,6-9,11-12,14-19,21-28,35,45,47-48,52H,5,10,13,20,29-34H2,1-2H3,(H,49,53)(H,50,54). The Hall–Kier alpha value is -5.12. The van der Waals surface area contributed by atoms with Gasteiger partial charge in [0, 0.05) is 57.5 Å². The highest BCUT2D eigenvalue weighted by molar-refractivity contribution is 5.76. The molecule has 4 atom stereocenters.